The Hall–Kier alpha value is -2.66. The van der Waals surface area contributed by atoms with Gasteiger partial charge in [0.25, 0.3) is 5.91 Å². The standard InChI is InChI=1S/C26H33N3O2/c1-18(20-7-3-2-4-8-20)29-25(30)21-13-11-19(12-14-21)16-28-26(31)24-15-22-9-5-6-10-23(22)17-27-24/h2-10,18-19,21,24,27H,11-17H2,1H3,(H,28,31)(H,29,30)/p+1/t18-,19?,21?,24-/m0/s1. The fourth-order valence-corrected chi connectivity index (χ4v) is 4.91. The predicted octanol–water partition coefficient (Wildman–Crippen LogP) is 2.47. The Morgan fingerprint density at radius 1 is 0.935 bits per heavy atom. The number of hydrogen-bond donors (Lipinski definition) is 3. The maximum absolute atomic E-state index is 12.7. The molecule has 0 aromatic heterocycles. The van der Waals surface area contributed by atoms with Crippen molar-refractivity contribution in [3.05, 3.63) is 71.3 Å². The summed E-state index contributed by atoms with van der Waals surface area (Å²) in [5, 5.41) is 8.49. The molecule has 5 nitrogen and oxygen atoms in total. The van der Waals surface area contributed by atoms with Gasteiger partial charge in [-0.15, -0.1) is 0 Å². The number of rotatable bonds is 6. The van der Waals surface area contributed by atoms with Gasteiger partial charge in [-0.05, 0) is 49.7 Å². The topological polar surface area (TPSA) is 74.8 Å². The molecule has 2 amide bonds. The summed E-state index contributed by atoms with van der Waals surface area (Å²) in [5.41, 5.74) is 3.76. The van der Waals surface area contributed by atoms with Crippen LogP contribution in [0.1, 0.15) is 55.3 Å². The lowest BCUT2D eigenvalue weighted by atomic mass is 9.81. The van der Waals surface area contributed by atoms with E-state index in [9.17, 15) is 9.59 Å². The molecule has 0 unspecified atom stereocenters. The molecule has 1 heterocycles. The SMILES string of the molecule is C[C@H](NC(=O)C1CCC(CNC(=O)[C@@H]2Cc3ccccc3C[NH2+]2)CC1)c1ccccc1. The van der Waals surface area contributed by atoms with E-state index in [-0.39, 0.29) is 29.8 Å². The van der Waals surface area contributed by atoms with Gasteiger partial charge in [0.1, 0.15) is 6.54 Å². The van der Waals surface area contributed by atoms with Crippen molar-refractivity contribution in [2.24, 2.45) is 11.8 Å². The van der Waals surface area contributed by atoms with E-state index >= 15 is 0 Å². The Bertz CT molecular complexity index is 891. The van der Waals surface area contributed by atoms with E-state index in [1.165, 1.54) is 11.1 Å². The van der Waals surface area contributed by atoms with Crippen LogP contribution in [-0.2, 0) is 22.6 Å². The van der Waals surface area contributed by atoms with Crippen molar-refractivity contribution >= 4 is 11.8 Å². The van der Waals surface area contributed by atoms with E-state index in [4.69, 9.17) is 0 Å². The molecule has 4 rings (SSSR count). The third kappa shape index (κ3) is 5.53. The zero-order valence-electron chi connectivity index (χ0n) is 18.3. The van der Waals surface area contributed by atoms with E-state index in [0.29, 0.717) is 5.92 Å². The first-order chi connectivity index (χ1) is 15.1. The summed E-state index contributed by atoms with van der Waals surface area (Å²) in [7, 11) is 0. The fraction of sp³-hybridized carbons (Fsp3) is 0.462. The van der Waals surface area contributed by atoms with Gasteiger partial charge in [-0.25, -0.2) is 0 Å². The third-order valence-corrected chi connectivity index (χ3v) is 6.96. The number of amides is 2. The lowest BCUT2D eigenvalue weighted by Crippen LogP contribution is -2.93. The predicted molar refractivity (Wildman–Crippen MR) is 121 cm³/mol. The van der Waals surface area contributed by atoms with Crippen LogP contribution in [0.2, 0.25) is 0 Å². The Kier molecular flexibility index (Phi) is 7.03. The van der Waals surface area contributed by atoms with E-state index in [1.54, 1.807) is 0 Å². The number of fused-ring (bicyclic) bond motifs is 1. The van der Waals surface area contributed by atoms with Crippen molar-refractivity contribution in [1.82, 2.24) is 10.6 Å². The van der Waals surface area contributed by atoms with E-state index in [1.807, 2.05) is 43.3 Å². The number of nitrogens with two attached hydrogens (primary N) is 1. The molecule has 1 saturated carbocycles. The van der Waals surface area contributed by atoms with Crippen molar-refractivity contribution in [2.75, 3.05) is 6.54 Å². The minimum atomic E-state index is -0.0310. The number of carbonyl (C=O) groups is 2. The first-order valence-electron chi connectivity index (χ1n) is 11.6. The van der Waals surface area contributed by atoms with Crippen molar-refractivity contribution in [3.63, 3.8) is 0 Å². The Morgan fingerprint density at radius 2 is 1.61 bits per heavy atom. The maximum atomic E-state index is 12.7. The van der Waals surface area contributed by atoms with Gasteiger partial charge in [0.05, 0.1) is 6.04 Å². The van der Waals surface area contributed by atoms with Crippen LogP contribution in [0.4, 0.5) is 0 Å². The summed E-state index contributed by atoms with van der Waals surface area (Å²) >= 11 is 0. The van der Waals surface area contributed by atoms with Crippen LogP contribution in [0.25, 0.3) is 0 Å². The van der Waals surface area contributed by atoms with Crippen LogP contribution in [0.5, 0.6) is 0 Å². The van der Waals surface area contributed by atoms with E-state index in [2.05, 4.69) is 34.1 Å². The fourth-order valence-electron chi connectivity index (χ4n) is 4.91. The Balaban J connectivity index is 1.18. The monoisotopic (exact) mass is 420 g/mol. The lowest BCUT2D eigenvalue weighted by molar-refractivity contribution is -0.695. The van der Waals surface area contributed by atoms with Crippen molar-refractivity contribution < 1.29 is 14.9 Å². The average molecular weight is 421 g/mol. The van der Waals surface area contributed by atoms with Crippen LogP contribution in [-0.4, -0.2) is 24.4 Å². The molecule has 1 aliphatic heterocycles. The van der Waals surface area contributed by atoms with Gasteiger partial charge in [-0.2, -0.15) is 0 Å². The highest BCUT2D eigenvalue weighted by atomic mass is 16.2. The summed E-state index contributed by atoms with van der Waals surface area (Å²) in [4.78, 5) is 25.3. The molecule has 31 heavy (non-hydrogen) atoms. The molecular formula is C26H34N3O2+. The van der Waals surface area contributed by atoms with Crippen LogP contribution in [0, 0.1) is 11.8 Å². The third-order valence-electron chi connectivity index (χ3n) is 6.96. The molecule has 164 valence electrons. The molecule has 2 aromatic carbocycles. The van der Waals surface area contributed by atoms with Gasteiger partial charge in [0, 0.05) is 24.4 Å². The van der Waals surface area contributed by atoms with Crippen LogP contribution >= 0.6 is 0 Å². The normalized spacial score (nSPS) is 24.0. The van der Waals surface area contributed by atoms with Crippen molar-refractivity contribution in [3.8, 4) is 0 Å². The summed E-state index contributed by atoms with van der Waals surface area (Å²) in [6.45, 7) is 3.63. The average Bonchev–Trinajstić information content (AvgIpc) is 2.83. The van der Waals surface area contributed by atoms with Crippen molar-refractivity contribution in [1.29, 1.82) is 0 Å². The maximum Gasteiger partial charge on any atom is 0.278 e. The quantitative estimate of drug-likeness (QED) is 0.672. The highest BCUT2D eigenvalue weighted by Gasteiger charge is 2.30. The number of hydrogen-bond acceptors (Lipinski definition) is 2. The second-order valence-corrected chi connectivity index (χ2v) is 9.12. The molecule has 5 heteroatoms. The molecule has 0 bridgehead atoms. The number of carbonyl (C=O) groups excluding carboxylic acids is 2. The molecule has 0 radical (unpaired) electrons. The van der Waals surface area contributed by atoms with Gasteiger partial charge in [0.15, 0.2) is 6.04 Å². The van der Waals surface area contributed by atoms with Gasteiger partial charge in [-0.1, -0.05) is 54.6 Å². The number of benzene rings is 2. The first-order valence-corrected chi connectivity index (χ1v) is 11.6. The highest BCUT2D eigenvalue weighted by molar-refractivity contribution is 5.81. The van der Waals surface area contributed by atoms with Crippen LogP contribution in [0.3, 0.4) is 0 Å². The Labute approximate surface area is 185 Å². The smallest absolute Gasteiger partial charge is 0.278 e. The largest absolute Gasteiger partial charge is 0.351 e. The molecule has 0 spiro atoms. The molecule has 4 N–H and O–H groups in total. The first kappa shape index (κ1) is 21.6. The second kappa shape index (κ2) is 10.1. The van der Waals surface area contributed by atoms with Crippen LogP contribution in [0.15, 0.2) is 54.6 Å². The minimum Gasteiger partial charge on any atom is -0.351 e. The number of nitrogens with one attached hydrogen (secondary N) is 2. The van der Waals surface area contributed by atoms with E-state index in [0.717, 1.165) is 50.8 Å². The van der Waals surface area contributed by atoms with Crippen LogP contribution < -0.4 is 16.0 Å². The van der Waals surface area contributed by atoms with E-state index < -0.39 is 0 Å². The summed E-state index contributed by atoms with van der Waals surface area (Å²) in [5.74, 6) is 0.858. The van der Waals surface area contributed by atoms with Crippen molar-refractivity contribution in [2.45, 2.75) is 57.7 Å². The minimum absolute atomic E-state index is 0.0302. The molecule has 1 aliphatic carbocycles. The highest BCUT2D eigenvalue weighted by Crippen LogP contribution is 2.29. The lowest BCUT2D eigenvalue weighted by Gasteiger charge is -2.29. The zero-order valence-corrected chi connectivity index (χ0v) is 18.3. The molecule has 1 fully saturated rings. The molecule has 0 saturated heterocycles. The van der Waals surface area contributed by atoms with Gasteiger partial charge < -0.3 is 16.0 Å². The van der Waals surface area contributed by atoms with Gasteiger partial charge in [-0.3, -0.25) is 9.59 Å². The summed E-state index contributed by atoms with van der Waals surface area (Å²) in [6, 6.07) is 18.5. The number of quaternary nitrogens is 1. The molecule has 2 aromatic rings. The summed E-state index contributed by atoms with van der Waals surface area (Å²) in [6.07, 6.45) is 4.59. The van der Waals surface area contributed by atoms with Gasteiger partial charge >= 0.3 is 0 Å². The van der Waals surface area contributed by atoms with Gasteiger partial charge in [0.2, 0.25) is 5.91 Å². The zero-order chi connectivity index (χ0) is 21.6. The molecule has 2 aliphatic rings. The summed E-state index contributed by atoms with van der Waals surface area (Å²) < 4.78 is 0. The Morgan fingerprint density at radius 3 is 2.35 bits per heavy atom. The molecule has 2 atom stereocenters. The molecular weight excluding hydrogens is 386 g/mol. The second-order valence-electron chi connectivity index (χ2n) is 9.12.